The molecule has 19 heavy (non-hydrogen) atoms. The van der Waals surface area contributed by atoms with Gasteiger partial charge in [0.15, 0.2) is 0 Å². The summed E-state index contributed by atoms with van der Waals surface area (Å²) < 4.78 is 19.0. The SMILES string of the molecule is CC1(C)CC(NC2CCc3cc(F)ccc32)CCO1. The summed E-state index contributed by atoms with van der Waals surface area (Å²) in [5.74, 6) is -0.119. The number of nitrogens with one attached hydrogen (secondary N) is 1. The van der Waals surface area contributed by atoms with Crippen LogP contribution in [0.2, 0.25) is 0 Å². The highest BCUT2D eigenvalue weighted by molar-refractivity contribution is 5.35. The van der Waals surface area contributed by atoms with Gasteiger partial charge in [-0.25, -0.2) is 4.39 Å². The van der Waals surface area contributed by atoms with Crippen molar-refractivity contribution in [2.45, 2.75) is 57.2 Å². The summed E-state index contributed by atoms with van der Waals surface area (Å²) in [7, 11) is 0. The van der Waals surface area contributed by atoms with Crippen LogP contribution in [0.3, 0.4) is 0 Å². The van der Waals surface area contributed by atoms with Gasteiger partial charge in [-0.3, -0.25) is 0 Å². The standard InChI is InChI=1S/C16H22FNO/c1-16(2)10-13(7-8-19-16)18-15-6-3-11-9-12(17)4-5-14(11)15/h4-5,9,13,15,18H,3,6-8,10H2,1-2H3. The third-order valence-corrected chi connectivity index (χ3v) is 4.32. The molecule has 0 amide bonds. The minimum absolute atomic E-state index is 0.0276. The molecule has 1 aromatic carbocycles. The van der Waals surface area contributed by atoms with E-state index in [-0.39, 0.29) is 11.4 Å². The summed E-state index contributed by atoms with van der Waals surface area (Å²) in [5, 5.41) is 3.75. The van der Waals surface area contributed by atoms with Gasteiger partial charge < -0.3 is 10.1 Å². The molecule has 0 aromatic heterocycles. The normalized spacial score (nSPS) is 29.2. The maximum Gasteiger partial charge on any atom is 0.123 e. The van der Waals surface area contributed by atoms with Crippen LogP contribution >= 0.6 is 0 Å². The zero-order chi connectivity index (χ0) is 13.5. The summed E-state index contributed by atoms with van der Waals surface area (Å²) in [4.78, 5) is 0. The van der Waals surface area contributed by atoms with Crippen molar-refractivity contribution in [3.63, 3.8) is 0 Å². The van der Waals surface area contributed by atoms with Crippen LogP contribution < -0.4 is 5.32 Å². The molecule has 1 heterocycles. The van der Waals surface area contributed by atoms with Crippen molar-refractivity contribution in [1.82, 2.24) is 5.32 Å². The van der Waals surface area contributed by atoms with Gasteiger partial charge in [0, 0.05) is 18.7 Å². The molecule has 2 nitrogen and oxygen atoms in total. The minimum atomic E-state index is -0.119. The summed E-state index contributed by atoms with van der Waals surface area (Å²) in [6.07, 6.45) is 4.17. The van der Waals surface area contributed by atoms with Gasteiger partial charge in [0.25, 0.3) is 0 Å². The molecule has 0 saturated carbocycles. The van der Waals surface area contributed by atoms with Gasteiger partial charge in [0.2, 0.25) is 0 Å². The lowest BCUT2D eigenvalue weighted by Crippen LogP contribution is -2.44. The zero-order valence-electron chi connectivity index (χ0n) is 11.7. The molecule has 0 radical (unpaired) electrons. The van der Waals surface area contributed by atoms with Crippen molar-refractivity contribution >= 4 is 0 Å². The largest absolute Gasteiger partial charge is 0.375 e. The highest BCUT2D eigenvalue weighted by atomic mass is 19.1. The van der Waals surface area contributed by atoms with Crippen molar-refractivity contribution in [3.05, 3.63) is 35.1 Å². The van der Waals surface area contributed by atoms with E-state index < -0.39 is 0 Å². The number of benzene rings is 1. The molecular weight excluding hydrogens is 241 g/mol. The van der Waals surface area contributed by atoms with Crippen LogP contribution in [-0.2, 0) is 11.2 Å². The maximum absolute atomic E-state index is 13.2. The second kappa shape index (κ2) is 4.88. The predicted octanol–water partition coefficient (Wildman–Crippen LogP) is 3.36. The number of hydrogen-bond acceptors (Lipinski definition) is 2. The van der Waals surface area contributed by atoms with Gasteiger partial charge in [0.05, 0.1) is 5.60 Å². The fourth-order valence-electron chi connectivity index (χ4n) is 3.42. The fraction of sp³-hybridized carbons (Fsp3) is 0.625. The first-order valence-electron chi connectivity index (χ1n) is 7.22. The number of aryl methyl sites for hydroxylation is 1. The van der Waals surface area contributed by atoms with E-state index >= 15 is 0 Å². The van der Waals surface area contributed by atoms with Crippen LogP contribution in [0.25, 0.3) is 0 Å². The Kier molecular flexibility index (Phi) is 3.35. The highest BCUT2D eigenvalue weighted by Gasteiger charge is 2.32. The molecule has 2 unspecified atom stereocenters. The lowest BCUT2D eigenvalue weighted by atomic mass is 9.93. The van der Waals surface area contributed by atoms with Gasteiger partial charge in [-0.05, 0) is 62.8 Å². The van der Waals surface area contributed by atoms with E-state index in [0.717, 1.165) is 32.3 Å². The maximum atomic E-state index is 13.2. The van der Waals surface area contributed by atoms with Crippen molar-refractivity contribution in [2.75, 3.05) is 6.61 Å². The summed E-state index contributed by atoms with van der Waals surface area (Å²) in [5.41, 5.74) is 2.43. The molecule has 1 aromatic rings. The van der Waals surface area contributed by atoms with E-state index in [9.17, 15) is 4.39 Å². The molecule has 0 bridgehead atoms. The Morgan fingerprint density at radius 3 is 2.95 bits per heavy atom. The smallest absolute Gasteiger partial charge is 0.123 e. The summed E-state index contributed by atoms with van der Waals surface area (Å²) in [6, 6.07) is 6.09. The van der Waals surface area contributed by atoms with Crippen LogP contribution in [0.15, 0.2) is 18.2 Å². The van der Waals surface area contributed by atoms with E-state index in [1.807, 2.05) is 6.07 Å². The molecule has 3 heteroatoms. The first kappa shape index (κ1) is 13.1. The Hall–Kier alpha value is -0.930. The molecule has 104 valence electrons. The van der Waals surface area contributed by atoms with Crippen LogP contribution in [0.5, 0.6) is 0 Å². The van der Waals surface area contributed by atoms with Crippen molar-refractivity contribution in [1.29, 1.82) is 0 Å². The first-order chi connectivity index (χ1) is 9.03. The van der Waals surface area contributed by atoms with E-state index in [4.69, 9.17) is 4.74 Å². The first-order valence-corrected chi connectivity index (χ1v) is 7.22. The summed E-state index contributed by atoms with van der Waals surface area (Å²) >= 11 is 0. The Morgan fingerprint density at radius 2 is 2.16 bits per heavy atom. The predicted molar refractivity (Wildman–Crippen MR) is 73.7 cm³/mol. The number of ether oxygens (including phenoxy) is 1. The van der Waals surface area contributed by atoms with Crippen LogP contribution in [0.1, 0.15) is 50.3 Å². The number of rotatable bonds is 2. The number of hydrogen-bond donors (Lipinski definition) is 1. The average Bonchev–Trinajstić information content (AvgIpc) is 2.70. The molecule has 0 spiro atoms. The van der Waals surface area contributed by atoms with Crippen LogP contribution in [0, 0.1) is 5.82 Å². The summed E-state index contributed by atoms with van der Waals surface area (Å²) in [6.45, 7) is 5.13. The minimum Gasteiger partial charge on any atom is -0.375 e. The second-order valence-electron chi connectivity index (χ2n) is 6.40. The quantitative estimate of drug-likeness (QED) is 0.883. The van der Waals surface area contributed by atoms with Gasteiger partial charge in [-0.15, -0.1) is 0 Å². The third kappa shape index (κ3) is 2.82. The van der Waals surface area contributed by atoms with Gasteiger partial charge in [-0.2, -0.15) is 0 Å². The van der Waals surface area contributed by atoms with E-state index in [1.165, 1.54) is 11.1 Å². The molecule has 1 aliphatic carbocycles. The Bertz CT molecular complexity index is 472. The topological polar surface area (TPSA) is 21.3 Å². The van der Waals surface area contributed by atoms with Crippen molar-refractivity contribution < 1.29 is 9.13 Å². The molecule has 1 aliphatic heterocycles. The zero-order valence-corrected chi connectivity index (χ0v) is 11.7. The van der Waals surface area contributed by atoms with Crippen molar-refractivity contribution in [2.24, 2.45) is 0 Å². The van der Waals surface area contributed by atoms with Crippen LogP contribution in [-0.4, -0.2) is 18.2 Å². The van der Waals surface area contributed by atoms with E-state index in [0.29, 0.717) is 12.1 Å². The fourth-order valence-corrected chi connectivity index (χ4v) is 3.42. The van der Waals surface area contributed by atoms with Crippen LogP contribution in [0.4, 0.5) is 4.39 Å². The Morgan fingerprint density at radius 1 is 1.32 bits per heavy atom. The number of fused-ring (bicyclic) bond motifs is 1. The van der Waals surface area contributed by atoms with Gasteiger partial charge >= 0.3 is 0 Å². The van der Waals surface area contributed by atoms with Crippen molar-refractivity contribution in [3.8, 4) is 0 Å². The average molecular weight is 263 g/mol. The second-order valence-corrected chi connectivity index (χ2v) is 6.40. The lowest BCUT2D eigenvalue weighted by molar-refractivity contribution is -0.0642. The molecule has 1 N–H and O–H groups in total. The third-order valence-electron chi connectivity index (χ3n) is 4.32. The van der Waals surface area contributed by atoms with Gasteiger partial charge in [-0.1, -0.05) is 6.07 Å². The monoisotopic (exact) mass is 263 g/mol. The number of halogens is 1. The lowest BCUT2D eigenvalue weighted by Gasteiger charge is -2.37. The molecule has 2 aliphatic rings. The molecule has 1 fully saturated rings. The molecule has 1 saturated heterocycles. The van der Waals surface area contributed by atoms with E-state index in [1.54, 1.807) is 12.1 Å². The highest BCUT2D eigenvalue weighted by Crippen LogP contribution is 2.34. The van der Waals surface area contributed by atoms with Gasteiger partial charge in [0.1, 0.15) is 5.82 Å². The van der Waals surface area contributed by atoms with E-state index in [2.05, 4.69) is 19.2 Å². The molecule has 3 rings (SSSR count). The molecular formula is C16H22FNO. The Labute approximate surface area is 114 Å². The Balaban J connectivity index is 1.69. The molecule has 2 atom stereocenters.